The van der Waals surface area contributed by atoms with Gasteiger partial charge in [-0.05, 0) is 42.5 Å². The van der Waals surface area contributed by atoms with Crippen molar-refractivity contribution < 1.29 is 31.1 Å². The summed E-state index contributed by atoms with van der Waals surface area (Å²) < 4.78 is 68.2. The number of anilines is 1. The zero-order valence-corrected chi connectivity index (χ0v) is 15.6. The number of sulfonamides is 1. The number of halogens is 3. The molecule has 1 aromatic heterocycles. The summed E-state index contributed by atoms with van der Waals surface area (Å²) in [6.07, 6.45) is -4.64. The van der Waals surface area contributed by atoms with Gasteiger partial charge in [0.15, 0.2) is 0 Å². The van der Waals surface area contributed by atoms with E-state index in [1.54, 1.807) is 12.3 Å². The second-order valence-electron chi connectivity index (χ2n) is 5.94. The van der Waals surface area contributed by atoms with Crippen molar-refractivity contribution in [2.24, 2.45) is 0 Å². The molecule has 2 heterocycles. The van der Waals surface area contributed by atoms with Crippen LogP contribution in [-0.2, 0) is 14.8 Å². The molecule has 1 atom stereocenters. The van der Waals surface area contributed by atoms with Crippen LogP contribution >= 0.6 is 11.3 Å². The maximum Gasteiger partial charge on any atom is 0.573 e. The molecule has 1 saturated heterocycles. The average Bonchev–Trinajstić information content (AvgIpc) is 3.13. The number of nitrogens with zero attached hydrogens (tertiary/aromatic N) is 1. The summed E-state index contributed by atoms with van der Waals surface area (Å²) in [5.74, 6) is -0.984. The number of carbonyl (C=O) groups is 1. The summed E-state index contributed by atoms with van der Waals surface area (Å²) in [5, 5.41) is 1.68. The minimum Gasteiger partial charge on any atom is -0.406 e. The molecule has 0 bridgehead atoms. The third-order valence-electron chi connectivity index (χ3n) is 3.84. The van der Waals surface area contributed by atoms with Gasteiger partial charge in [-0.2, -0.15) is 4.72 Å². The minimum absolute atomic E-state index is 0.104. The molecule has 0 spiro atoms. The Bertz CT molecular complexity index is 957. The lowest BCUT2D eigenvalue weighted by Gasteiger charge is -2.18. The number of carbonyl (C=O) groups excluding carboxylic acids is 1. The molecule has 3 rings (SSSR count). The summed E-state index contributed by atoms with van der Waals surface area (Å²) in [4.78, 5) is 13.8. The van der Waals surface area contributed by atoms with Gasteiger partial charge >= 0.3 is 6.36 Å². The van der Waals surface area contributed by atoms with E-state index in [2.05, 4.69) is 9.46 Å². The highest BCUT2D eigenvalue weighted by atomic mass is 32.2. The first-order chi connectivity index (χ1) is 12.5. The Morgan fingerprint density at radius 2 is 2.04 bits per heavy atom. The van der Waals surface area contributed by atoms with Gasteiger partial charge < -0.3 is 9.64 Å². The molecule has 1 fully saturated rings. The molecule has 1 aromatic carbocycles. The van der Waals surface area contributed by atoms with Crippen LogP contribution in [0.25, 0.3) is 0 Å². The zero-order chi connectivity index (χ0) is 19.8. The van der Waals surface area contributed by atoms with Crippen LogP contribution in [0.5, 0.6) is 5.75 Å². The number of aryl methyl sites for hydroxylation is 1. The van der Waals surface area contributed by atoms with E-state index in [9.17, 15) is 26.4 Å². The van der Waals surface area contributed by atoms with E-state index >= 15 is 0 Å². The molecule has 146 valence electrons. The molecule has 1 unspecified atom stereocenters. The fourth-order valence-electron chi connectivity index (χ4n) is 2.69. The predicted octanol–water partition coefficient (Wildman–Crippen LogP) is 3.04. The lowest BCUT2D eigenvalue weighted by molar-refractivity contribution is -0.274. The number of nitrogens with one attached hydrogen (secondary N) is 1. The number of hydrogen-bond acceptors (Lipinski definition) is 5. The number of benzene rings is 1. The molecule has 2 aromatic rings. The van der Waals surface area contributed by atoms with Crippen LogP contribution in [0.1, 0.15) is 12.0 Å². The summed E-state index contributed by atoms with van der Waals surface area (Å²) in [5.41, 5.74) is 0.997. The molecule has 0 aliphatic carbocycles. The van der Waals surface area contributed by atoms with Crippen molar-refractivity contribution in [1.29, 1.82) is 0 Å². The van der Waals surface area contributed by atoms with Crippen molar-refractivity contribution >= 4 is 33.0 Å². The van der Waals surface area contributed by atoms with Gasteiger partial charge in [0.25, 0.3) is 10.0 Å². The van der Waals surface area contributed by atoms with Gasteiger partial charge in [0.2, 0.25) is 5.91 Å². The maximum absolute atomic E-state index is 12.6. The first kappa shape index (κ1) is 19.6. The second kappa shape index (κ2) is 7.13. The fourth-order valence-corrected chi connectivity index (χ4v) is 5.16. The lowest BCUT2D eigenvalue weighted by atomic mass is 10.2. The van der Waals surface area contributed by atoms with Crippen molar-refractivity contribution in [3.05, 3.63) is 41.3 Å². The predicted molar refractivity (Wildman–Crippen MR) is 93.3 cm³/mol. The number of amides is 1. The Kier molecular flexibility index (Phi) is 5.19. The maximum atomic E-state index is 12.6. The van der Waals surface area contributed by atoms with E-state index < -0.39 is 34.1 Å². The van der Waals surface area contributed by atoms with E-state index in [1.165, 1.54) is 23.1 Å². The van der Waals surface area contributed by atoms with Crippen LogP contribution in [0, 0.1) is 6.92 Å². The van der Waals surface area contributed by atoms with Crippen molar-refractivity contribution in [3.8, 4) is 5.75 Å². The Morgan fingerprint density at radius 3 is 2.67 bits per heavy atom. The molecule has 1 aliphatic heterocycles. The molecule has 1 N–H and O–H groups in total. The molecule has 27 heavy (non-hydrogen) atoms. The van der Waals surface area contributed by atoms with Gasteiger partial charge in [-0.3, -0.25) is 4.79 Å². The van der Waals surface area contributed by atoms with Gasteiger partial charge in [0.05, 0.1) is 0 Å². The third kappa shape index (κ3) is 4.60. The quantitative estimate of drug-likeness (QED) is 0.807. The van der Waals surface area contributed by atoms with Crippen LogP contribution in [-0.4, -0.2) is 33.3 Å². The SMILES string of the molecule is Cc1csc(S(=O)(=O)NC2CCN(c3cccc(OC(F)(F)F)c3)C2=O)c1. The summed E-state index contributed by atoms with van der Waals surface area (Å²) in [7, 11) is -3.85. The molecule has 11 heteroatoms. The van der Waals surface area contributed by atoms with E-state index in [4.69, 9.17) is 0 Å². The molecule has 6 nitrogen and oxygen atoms in total. The monoisotopic (exact) mass is 420 g/mol. The number of hydrogen-bond donors (Lipinski definition) is 1. The van der Waals surface area contributed by atoms with E-state index in [0.717, 1.165) is 29.0 Å². The Morgan fingerprint density at radius 1 is 1.30 bits per heavy atom. The first-order valence-electron chi connectivity index (χ1n) is 7.80. The van der Waals surface area contributed by atoms with Crippen LogP contribution in [0.3, 0.4) is 0 Å². The van der Waals surface area contributed by atoms with Crippen LogP contribution in [0.4, 0.5) is 18.9 Å². The highest BCUT2D eigenvalue weighted by Crippen LogP contribution is 2.29. The van der Waals surface area contributed by atoms with Gasteiger partial charge in [0, 0.05) is 18.3 Å². The molecular weight excluding hydrogens is 405 g/mol. The van der Waals surface area contributed by atoms with Crippen molar-refractivity contribution in [2.45, 2.75) is 30.0 Å². The highest BCUT2D eigenvalue weighted by Gasteiger charge is 2.37. The van der Waals surface area contributed by atoms with Crippen molar-refractivity contribution in [1.82, 2.24) is 4.72 Å². The smallest absolute Gasteiger partial charge is 0.406 e. The number of ether oxygens (including phenoxy) is 1. The van der Waals surface area contributed by atoms with E-state index in [1.807, 2.05) is 0 Å². The fraction of sp³-hybridized carbons (Fsp3) is 0.312. The molecule has 0 saturated carbocycles. The van der Waals surface area contributed by atoms with Crippen LogP contribution < -0.4 is 14.4 Å². The molecule has 0 radical (unpaired) electrons. The van der Waals surface area contributed by atoms with Crippen molar-refractivity contribution in [3.63, 3.8) is 0 Å². The first-order valence-corrected chi connectivity index (χ1v) is 10.2. The second-order valence-corrected chi connectivity index (χ2v) is 8.79. The van der Waals surface area contributed by atoms with Gasteiger partial charge in [-0.15, -0.1) is 24.5 Å². The average molecular weight is 420 g/mol. The van der Waals surface area contributed by atoms with Crippen LogP contribution in [0.15, 0.2) is 39.9 Å². The van der Waals surface area contributed by atoms with Gasteiger partial charge in [-0.1, -0.05) is 6.07 Å². The summed E-state index contributed by atoms with van der Waals surface area (Å²) >= 11 is 1.05. The normalized spacial score (nSPS) is 18.1. The van der Waals surface area contributed by atoms with Crippen LogP contribution in [0.2, 0.25) is 0 Å². The summed E-state index contributed by atoms with van der Waals surface area (Å²) in [6.45, 7) is 1.93. The van der Waals surface area contributed by atoms with E-state index in [-0.39, 0.29) is 22.9 Å². The Balaban J connectivity index is 1.74. The lowest BCUT2D eigenvalue weighted by Crippen LogP contribution is -2.41. The molecule has 1 aliphatic rings. The highest BCUT2D eigenvalue weighted by molar-refractivity contribution is 7.91. The number of rotatable bonds is 5. The molecular formula is C16H15F3N2O4S2. The standard InChI is InChI=1S/C16H15F3N2O4S2/c1-10-7-14(26-9-10)27(23,24)20-13-5-6-21(15(13)22)11-3-2-4-12(8-11)25-16(17,18)19/h2-4,7-9,13,20H,5-6H2,1H3. The van der Waals surface area contributed by atoms with E-state index in [0.29, 0.717) is 0 Å². The largest absolute Gasteiger partial charge is 0.573 e. The third-order valence-corrected chi connectivity index (χ3v) is 6.87. The zero-order valence-electron chi connectivity index (χ0n) is 14.0. The van der Waals surface area contributed by atoms with Crippen molar-refractivity contribution in [2.75, 3.05) is 11.4 Å². The number of alkyl halides is 3. The number of thiophene rings is 1. The van der Waals surface area contributed by atoms with Gasteiger partial charge in [0.1, 0.15) is 16.0 Å². The Labute approximate surface area is 157 Å². The minimum atomic E-state index is -4.84. The topological polar surface area (TPSA) is 75.7 Å². The molecule has 1 amide bonds. The summed E-state index contributed by atoms with van der Waals surface area (Å²) in [6, 6.07) is 5.52. The van der Waals surface area contributed by atoms with Gasteiger partial charge in [-0.25, -0.2) is 8.42 Å². The Hall–Kier alpha value is -2.11.